The predicted molar refractivity (Wildman–Crippen MR) is 69.3 cm³/mol. The van der Waals surface area contributed by atoms with Gasteiger partial charge in [-0.1, -0.05) is 32.8 Å². The second kappa shape index (κ2) is 10.6. The fraction of sp³-hybridized carbons (Fsp3) is 0.692. The number of esters is 1. The lowest BCUT2D eigenvalue weighted by molar-refractivity contribution is -0.138. The largest absolute Gasteiger partial charge is 0.460 e. The Bertz CT molecular complexity index is 276. The van der Waals surface area contributed by atoms with Crippen LogP contribution in [-0.4, -0.2) is 31.8 Å². The van der Waals surface area contributed by atoms with Crippen LogP contribution in [0.1, 0.15) is 39.5 Å². The molecule has 0 spiro atoms. The first-order valence-electron chi connectivity index (χ1n) is 6.31. The number of hydrogen-bond donors (Lipinski definition) is 1. The Labute approximate surface area is 109 Å². The predicted octanol–water partition coefficient (Wildman–Crippen LogP) is 2.41. The van der Waals surface area contributed by atoms with E-state index in [2.05, 4.69) is 18.8 Å². The van der Waals surface area contributed by atoms with Crippen LogP contribution in [0.5, 0.6) is 0 Å². The highest BCUT2D eigenvalue weighted by Crippen LogP contribution is 1.98. The zero-order valence-corrected chi connectivity index (χ0v) is 11.3. The standard InChI is InChI=1S/C13H23NO4/c1-4-5-6-7-9-18-13(16)14-8-10-17-12(15)11(2)3/h2,4-10H2,1,3H3,(H,14,16). The van der Waals surface area contributed by atoms with E-state index in [9.17, 15) is 9.59 Å². The highest BCUT2D eigenvalue weighted by atomic mass is 16.6. The Morgan fingerprint density at radius 3 is 2.44 bits per heavy atom. The molecular weight excluding hydrogens is 234 g/mol. The molecule has 0 aliphatic rings. The van der Waals surface area contributed by atoms with Gasteiger partial charge in [-0.25, -0.2) is 9.59 Å². The molecule has 104 valence electrons. The first-order chi connectivity index (χ1) is 8.57. The van der Waals surface area contributed by atoms with Crippen LogP contribution in [0.15, 0.2) is 12.2 Å². The molecule has 1 N–H and O–H groups in total. The third-order valence-electron chi connectivity index (χ3n) is 2.18. The number of unbranched alkanes of at least 4 members (excludes halogenated alkanes) is 3. The molecule has 0 fully saturated rings. The summed E-state index contributed by atoms with van der Waals surface area (Å²) in [5.74, 6) is -0.454. The Balaban J connectivity index is 3.37. The summed E-state index contributed by atoms with van der Waals surface area (Å²) in [4.78, 5) is 22.2. The van der Waals surface area contributed by atoms with Gasteiger partial charge in [0, 0.05) is 5.57 Å². The first-order valence-corrected chi connectivity index (χ1v) is 6.31. The Hall–Kier alpha value is -1.52. The summed E-state index contributed by atoms with van der Waals surface area (Å²) in [6, 6.07) is 0. The average Bonchev–Trinajstić information content (AvgIpc) is 2.34. The molecule has 0 aromatic rings. The molecule has 0 unspecified atom stereocenters. The van der Waals surface area contributed by atoms with E-state index in [0.717, 1.165) is 25.7 Å². The van der Waals surface area contributed by atoms with E-state index in [1.807, 2.05) is 0 Å². The topological polar surface area (TPSA) is 64.6 Å². The molecule has 0 aromatic heterocycles. The van der Waals surface area contributed by atoms with Gasteiger partial charge in [0.25, 0.3) is 0 Å². The number of amides is 1. The molecule has 0 atom stereocenters. The number of alkyl carbamates (subject to hydrolysis) is 1. The fourth-order valence-corrected chi connectivity index (χ4v) is 1.16. The number of carbonyl (C=O) groups excluding carboxylic acids is 2. The summed E-state index contributed by atoms with van der Waals surface area (Å²) in [5, 5.41) is 2.50. The summed E-state index contributed by atoms with van der Waals surface area (Å²) in [6.07, 6.45) is 3.78. The molecule has 0 aliphatic carbocycles. The van der Waals surface area contributed by atoms with Gasteiger partial charge in [-0.3, -0.25) is 0 Å². The van der Waals surface area contributed by atoms with E-state index in [1.54, 1.807) is 6.92 Å². The molecular formula is C13H23NO4. The second-order valence-electron chi connectivity index (χ2n) is 4.04. The van der Waals surface area contributed by atoms with Crippen molar-refractivity contribution in [1.29, 1.82) is 0 Å². The minimum absolute atomic E-state index is 0.122. The van der Waals surface area contributed by atoms with Crippen molar-refractivity contribution < 1.29 is 19.1 Å². The molecule has 1 amide bonds. The summed E-state index contributed by atoms with van der Waals surface area (Å²) >= 11 is 0. The SMILES string of the molecule is C=C(C)C(=O)OCCNC(=O)OCCCCCC. The van der Waals surface area contributed by atoms with E-state index in [-0.39, 0.29) is 13.2 Å². The highest BCUT2D eigenvalue weighted by Gasteiger charge is 2.04. The van der Waals surface area contributed by atoms with Crippen LogP contribution in [0.4, 0.5) is 4.79 Å². The zero-order chi connectivity index (χ0) is 13.8. The van der Waals surface area contributed by atoms with Gasteiger partial charge in [-0.15, -0.1) is 0 Å². The Morgan fingerprint density at radius 2 is 1.83 bits per heavy atom. The van der Waals surface area contributed by atoms with Crippen LogP contribution in [0.3, 0.4) is 0 Å². The van der Waals surface area contributed by atoms with Crippen LogP contribution < -0.4 is 5.32 Å². The van der Waals surface area contributed by atoms with Gasteiger partial charge in [0.2, 0.25) is 0 Å². The van der Waals surface area contributed by atoms with Crippen LogP contribution >= 0.6 is 0 Å². The van der Waals surface area contributed by atoms with Crippen LogP contribution in [0.2, 0.25) is 0 Å². The smallest absolute Gasteiger partial charge is 0.407 e. The summed E-state index contributed by atoms with van der Waals surface area (Å²) in [7, 11) is 0. The molecule has 5 nitrogen and oxygen atoms in total. The van der Waals surface area contributed by atoms with E-state index < -0.39 is 12.1 Å². The zero-order valence-electron chi connectivity index (χ0n) is 11.3. The number of nitrogens with one attached hydrogen (secondary N) is 1. The van der Waals surface area contributed by atoms with Gasteiger partial charge >= 0.3 is 12.1 Å². The lowest BCUT2D eigenvalue weighted by atomic mass is 10.2. The molecule has 0 saturated heterocycles. The lowest BCUT2D eigenvalue weighted by Crippen LogP contribution is -2.29. The number of carbonyl (C=O) groups is 2. The maximum Gasteiger partial charge on any atom is 0.407 e. The van der Waals surface area contributed by atoms with Gasteiger partial charge in [0.15, 0.2) is 0 Å². The maximum absolute atomic E-state index is 11.2. The number of rotatable bonds is 9. The monoisotopic (exact) mass is 257 g/mol. The third kappa shape index (κ3) is 9.69. The number of hydrogen-bond acceptors (Lipinski definition) is 4. The molecule has 0 aromatic carbocycles. The van der Waals surface area contributed by atoms with Gasteiger partial charge in [-0.2, -0.15) is 0 Å². The van der Waals surface area contributed by atoms with E-state index in [0.29, 0.717) is 12.2 Å². The maximum atomic E-state index is 11.2. The molecule has 0 bridgehead atoms. The first kappa shape index (κ1) is 16.5. The summed E-state index contributed by atoms with van der Waals surface area (Å²) < 4.78 is 9.74. The van der Waals surface area contributed by atoms with Crippen molar-refractivity contribution in [3.05, 3.63) is 12.2 Å². The van der Waals surface area contributed by atoms with Crippen molar-refractivity contribution >= 4 is 12.1 Å². The van der Waals surface area contributed by atoms with Crippen LogP contribution in [-0.2, 0) is 14.3 Å². The van der Waals surface area contributed by atoms with E-state index in [1.165, 1.54) is 0 Å². The number of ether oxygens (including phenoxy) is 2. The third-order valence-corrected chi connectivity index (χ3v) is 2.18. The van der Waals surface area contributed by atoms with Crippen molar-refractivity contribution in [2.75, 3.05) is 19.8 Å². The molecule has 0 saturated carbocycles. The van der Waals surface area contributed by atoms with Crippen molar-refractivity contribution in [3.8, 4) is 0 Å². The van der Waals surface area contributed by atoms with Crippen molar-refractivity contribution in [2.24, 2.45) is 0 Å². The minimum atomic E-state index is -0.474. The molecule has 0 heterocycles. The van der Waals surface area contributed by atoms with Gasteiger partial charge in [0.1, 0.15) is 6.61 Å². The summed E-state index contributed by atoms with van der Waals surface area (Å²) in [6.45, 7) is 7.93. The average molecular weight is 257 g/mol. The van der Waals surface area contributed by atoms with E-state index >= 15 is 0 Å². The second-order valence-corrected chi connectivity index (χ2v) is 4.04. The van der Waals surface area contributed by atoms with Crippen LogP contribution in [0.25, 0.3) is 0 Å². The van der Waals surface area contributed by atoms with E-state index in [4.69, 9.17) is 9.47 Å². The Morgan fingerprint density at radius 1 is 1.11 bits per heavy atom. The lowest BCUT2D eigenvalue weighted by Gasteiger charge is -2.07. The molecule has 0 rings (SSSR count). The van der Waals surface area contributed by atoms with Gasteiger partial charge in [0.05, 0.1) is 13.2 Å². The van der Waals surface area contributed by atoms with Gasteiger partial charge in [-0.05, 0) is 13.3 Å². The fourth-order valence-electron chi connectivity index (χ4n) is 1.16. The normalized spacial score (nSPS) is 9.67. The van der Waals surface area contributed by atoms with Gasteiger partial charge < -0.3 is 14.8 Å². The van der Waals surface area contributed by atoms with Crippen LogP contribution in [0, 0.1) is 0 Å². The quantitative estimate of drug-likeness (QED) is 0.391. The summed E-state index contributed by atoms with van der Waals surface area (Å²) in [5.41, 5.74) is 0.341. The molecule has 18 heavy (non-hydrogen) atoms. The highest BCUT2D eigenvalue weighted by molar-refractivity contribution is 5.86. The van der Waals surface area contributed by atoms with Crippen molar-refractivity contribution in [1.82, 2.24) is 5.32 Å². The Kier molecular flexibility index (Phi) is 9.73. The molecule has 0 aliphatic heterocycles. The molecule has 0 radical (unpaired) electrons. The molecule has 5 heteroatoms. The van der Waals surface area contributed by atoms with Crippen molar-refractivity contribution in [2.45, 2.75) is 39.5 Å². The van der Waals surface area contributed by atoms with Crippen molar-refractivity contribution in [3.63, 3.8) is 0 Å². The minimum Gasteiger partial charge on any atom is -0.460 e.